The highest BCUT2D eigenvalue weighted by molar-refractivity contribution is 6.29. The van der Waals surface area contributed by atoms with Crippen LogP contribution in [0.15, 0.2) is 41.2 Å². The molecule has 0 saturated carbocycles. The van der Waals surface area contributed by atoms with Crippen molar-refractivity contribution in [3.05, 3.63) is 53.3 Å². The quantitative estimate of drug-likeness (QED) is 0.478. The molecule has 1 aliphatic heterocycles. The van der Waals surface area contributed by atoms with Crippen LogP contribution in [0.4, 0.5) is 17.6 Å². The van der Waals surface area contributed by atoms with E-state index in [0.717, 1.165) is 18.7 Å². The second-order valence-electron chi connectivity index (χ2n) is 6.62. The Hall–Kier alpha value is -3.53. The van der Waals surface area contributed by atoms with E-state index in [4.69, 9.17) is 16.1 Å². The Morgan fingerprint density at radius 1 is 1.17 bits per heavy atom. The number of hydrogen-bond acceptors (Lipinski definition) is 9. The number of rotatable bonds is 5. The van der Waals surface area contributed by atoms with Gasteiger partial charge in [0.2, 0.25) is 5.95 Å². The summed E-state index contributed by atoms with van der Waals surface area (Å²) in [5, 5.41) is 14.6. The van der Waals surface area contributed by atoms with Crippen molar-refractivity contribution in [2.45, 2.75) is 19.4 Å². The normalized spacial score (nSPS) is 15.9. The molecule has 1 saturated heterocycles. The molecule has 1 aliphatic rings. The van der Waals surface area contributed by atoms with Gasteiger partial charge in [0.05, 0.1) is 6.04 Å². The van der Waals surface area contributed by atoms with Crippen LogP contribution in [0.25, 0.3) is 11.5 Å². The third-order valence-corrected chi connectivity index (χ3v) is 4.77. The first kappa shape index (κ1) is 17.6. The molecule has 29 heavy (non-hydrogen) atoms. The number of halogens is 1. The molecule has 1 fully saturated rings. The molecule has 2 N–H and O–H groups in total. The van der Waals surface area contributed by atoms with Gasteiger partial charge in [0.25, 0.3) is 0 Å². The van der Waals surface area contributed by atoms with Crippen molar-refractivity contribution in [3.8, 4) is 11.5 Å². The van der Waals surface area contributed by atoms with Crippen molar-refractivity contribution in [1.82, 2.24) is 35.3 Å². The summed E-state index contributed by atoms with van der Waals surface area (Å²) in [5.74, 6) is 2.96. The number of hydrogen-bond donors (Lipinski definition) is 2. The Bertz CT molecular complexity index is 1140. The molecule has 0 unspecified atom stereocenters. The lowest BCUT2D eigenvalue weighted by Gasteiger charge is -2.39. The van der Waals surface area contributed by atoms with E-state index in [2.05, 4.69) is 40.6 Å². The third kappa shape index (κ3) is 3.49. The minimum absolute atomic E-state index is 0.0288. The lowest BCUT2D eigenvalue weighted by atomic mass is 10.0. The monoisotopic (exact) mass is 409 g/mol. The molecule has 4 aromatic heterocycles. The fraction of sp³-hybridized carbons (Fsp3) is 0.222. The van der Waals surface area contributed by atoms with Gasteiger partial charge >= 0.3 is 0 Å². The van der Waals surface area contributed by atoms with Crippen molar-refractivity contribution in [2.75, 3.05) is 16.8 Å². The van der Waals surface area contributed by atoms with Crippen LogP contribution in [-0.4, -0.2) is 41.8 Å². The molecular weight excluding hydrogens is 394 g/mol. The van der Waals surface area contributed by atoms with E-state index in [1.54, 1.807) is 24.5 Å². The van der Waals surface area contributed by atoms with Gasteiger partial charge in [-0.05, 0) is 19.4 Å². The van der Waals surface area contributed by atoms with Gasteiger partial charge < -0.3 is 14.7 Å². The summed E-state index contributed by atoms with van der Waals surface area (Å²) in [7, 11) is 0. The summed E-state index contributed by atoms with van der Waals surface area (Å²) in [4.78, 5) is 19.4. The molecular formula is C18H16ClN9O. The first-order valence-electron chi connectivity index (χ1n) is 9.00. The smallest absolute Gasteiger partial charge is 0.229 e. The minimum Gasteiger partial charge on any atom is -0.358 e. The third-order valence-electron chi connectivity index (χ3n) is 4.57. The van der Waals surface area contributed by atoms with Crippen LogP contribution in [0.5, 0.6) is 0 Å². The van der Waals surface area contributed by atoms with E-state index in [1.165, 1.54) is 0 Å². The topological polar surface area (TPSA) is 122 Å². The van der Waals surface area contributed by atoms with Crippen molar-refractivity contribution in [1.29, 1.82) is 0 Å². The molecule has 0 spiro atoms. The largest absolute Gasteiger partial charge is 0.358 e. The number of nitrogens with zero attached hydrogens (tertiary/aromatic N) is 7. The van der Waals surface area contributed by atoms with E-state index in [0.29, 0.717) is 40.0 Å². The molecule has 10 nitrogen and oxygen atoms in total. The van der Waals surface area contributed by atoms with Gasteiger partial charge in [-0.3, -0.25) is 5.10 Å². The zero-order valence-electron chi connectivity index (χ0n) is 15.4. The molecule has 0 aliphatic carbocycles. The van der Waals surface area contributed by atoms with Crippen molar-refractivity contribution in [2.24, 2.45) is 0 Å². The van der Waals surface area contributed by atoms with Gasteiger partial charge in [0, 0.05) is 42.8 Å². The number of aryl methyl sites for hydroxylation is 1. The van der Waals surface area contributed by atoms with E-state index < -0.39 is 0 Å². The van der Waals surface area contributed by atoms with Gasteiger partial charge in [0.15, 0.2) is 23.1 Å². The Kier molecular flexibility index (Phi) is 4.32. The summed E-state index contributed by atoms with van der Waals surface area (Å²) in [6, 6.07) is 7.11. The molecule has 5 heterocycles. The van der Waals surface area contributed by atoms with Gasteiger partial charge in [-0.15, -0.1) is 0 Å². The number of nitrogens with one attached hydrogen (secondary N) is 2. The highest BCUT2D eigenvalue weighted by atomic mass is 35.5. The first-order chi connectivity index (χ1) is 14.2. The minimum atomic E-state index is -0.0288. The fourth-order valence-electron chi connectivity index (χ4n) is 3.12. The molecule has 146 valence electrons. The second kappa shape index (κ2) is 7.13. The van der Waals surface area contributed by atoms with Crippen LogP contribution in [0.2, 0.25) is 5.15 Å². The van der Waals surface area contributed by atoms with Gasteiger partial charge in [0.1, 0.15) is 11.0 Å². The Morgan fingerprint density at radius 3 is 2.76 bits per heavy atom. The molecule has 5 rings (SSSR count). The van der Waals surface area contributed by atoms with E-state index in [9.17, 15) is 0 Å². The lowest BCUT2D eigenvalue weighted by molar-refractivity contribution is 0.315. The Balaban J connectivity index is 1.38. The SMILES string of the molecule is Cc1cc(Nc2cc(Cl)nc(N3CC[C@H]3c3cc(-c4ncccn4)no3)n2)n[nH]1. The van der Waals surface area contributed by atoms with Gasteiger partial charge in [-0.2, -0.15) is 10.1 Å². The Morgan fingerprint density at radius 2 is 2.03 bits per heavy atom. The van der Waals surface area contributed by atoms with Crippen LogP contribution < -0.4 is 10.2 Å². The predicted molar refractivity (Wildman–Crippen MR) is 106 cm³/mol. The molecule has 0 aromatic carbocycles. The number of anilines is 3. The first-order valence-corrected chi connectivity index (χ1v) is 9.38. The molecule has 0 radical (unpaired) electrons. The van der Waals surface area contributed by atoms with Crippen LogP contribution in [0.1, 0.15) is 23.9 Å². The van der Waals surface area contributed by atoms with Crippen molar-refractivity contribution < 1.29 is 4.52 Å². The second-order valence-corrected chi connectivity index (χ2v) is 7.01. The zero-order chi connectivity index (χ0) is 19.8. The van der Waals surface area contributed by atoms with Crippen LogP contribution in [0.3, 0.4) is 0 Å². The molecule has 0 amide bonds. The van der Waals surface area contributed by atoms with E-state index in [1.807, 2.05) is 24.0 Å². The maximum Gasteiger partial charge on any atom is 0.229 e. The number of aromatic amines is 1. The molecule has 4 aromatic rings. The summed E-state index contributed by atoms with van der Waals surface area (Å²) < 4.78 is 5.54. The highest BCUT2D eigenvalue weighted by Gasteiger charge is 2.35. The maximum absolute atomic E-state index is 6.23. The predicted octanol–water partition coefficient (Wildman–Crippen LogP) is 3.30. The average molecular weight is 410 g/mol. The van der Waals surface area contributed by atoms with Crippen LogP contribution >= 0.6 is 11.6 Å². The van der Waals surface area contributed by atoms with Crippen LogP contribution in [-0.2, 0) is 0 Å². The van der Waals surface area contributed by atoms with Crippen molar-refractivity contribution >= 4 is 29.2 Å². The zero-order valence-corrected chi connectivity index (χ0v) is 16.1. The van der Waals surface area contributed by atoms with Gasteiger partial charge in [-0.1, -0.05) is 16.8 Å². The lowest BCUT2D eigenvalue weighted by Crippen LogP contribution is -2.42. The summed E-state index contributed by atoms with van der Waals surface area (Å²) in [5.41, 5.74) is 1.54. The van der Waals surface area contributed by atoms with E-state index in [-0.39, 0.29) is 6.04 Å². The summed E-state index contributed by atoms with van der Waals surface area (Å²) in [6.45, 7) is 2.71. The average Bonchev–Trinajstić information content (AvgIpc) is 3.30. The van der Waals surface area contributed by atoms with Crippen LogP contribution in [0, 0.1) is 6.92 Å². The highest BCUT2D eigenvalue weighted by Crippen LogP contribution is 2.38. The molecule has 11 heteroatoms. The summed E-state index contributed by atoms with van der Waals surface area (Å²) in [6.07, 6.45) is 4.23. The van der Waals surface area contributed by atoms with Crippen molar-refractivity contribution in [3.63, 3.8) is 0 Å². The number of H-pyrrole nitrogens is 1. The molecule has 1 atom stereocenters. The maximum atomic E-state index is 6.23. The number of aromatic nitrogens is 7. The Labute approximate surface area is 170 Å². The van der Waals surface area contributed by atoms with E-state index >= 15 is 0 Å². The fourth-order valence-corrected chi connectivity index (χ4v) is 3.30. The standard InChI is InChI=1S/C18H16ClN9O/c1-10-7-16(26-25-10)23-15-9-14(19)22-18(24-15)28-6-3-12(28)13-8-11(27-29-13)17-20-4-2-5-21-17/h2,4-5,7-9,12H,3,6H2,1H3,(H2,22,23,24,25,26)/t12-/m0/s1. The molecule has 0 bridgehead atoms. The van der Waals surface area contributed by atoms with Gasteiger partial charge in [-0.25, -0.2) is 15.0 Å². The summed E-state index contributed by atoms with van der Waals surface area (Å²) >= 11 is 6.23.